The number of hydrogen-bond donors (Lipinski definition) is 1. The molecule has 11 nitrogen and oxygen atoms in total. The maximum absolute atomic E-state index is 13.8. The van der Waals surface area contributed by atoms with E-state index >= 15 is 0 Å². The van der Waals surface area contributed by atoms with Crippen molar-refractivity contribution < 1.29 is 35.9 Å². The molecule has 1 saturated heterocycles. The van der Waals surface area contributed by atoms with E-state index in [0.717, 1.165) is 12.1 Å². The summed E-state index contributed by atoms with van der Waals surface area (Å²) >= 11 is 0. The summed E-state index contributed by atoms with van der Waals surface area (Å²) in [6.45, 7) is 7.48. The Morgan fingerprint density at radius 2 is 1.65 bits per heavy atom. The summed E-state index contributed by atoms with van der Waals surface area (Å²) in [5.74, 6) is -0.678. The van der Waals surface area contributed by atoms with E-state index in [1.807, 2.05) is 4.72 Å². The summed E-state index contributed by atoms with van der Waals surface area (Å²) in [6, 6.07) is 7.64. The Labute approximate surface area is 247 Å². The van der Waals surface area contributed by atoms with Crippen molar-refractivity contribution >= 4 is 27.7 Å². The van der Waals surface area contributed by atoms with Crippen LogP contribution >= 0.6 is 0 Å². The maximum Gasteiger partial charge on any atom is 0.416 e. The van der Waals surface area contributed by atoms with E-state index in [9.17, 15) is 31.2 Å². The molecular formula is C28H31F3N6O5S. The van der Waals surface area contributed by atoms with Gasteiger partial charge in [-0.15, -0.1) is 10.2 Å². The third-order valence-corrected chi connectivity index (χ3v) is 8.74. The van der Waals surface area contributed by atoms with Crippen molar-refractivity contribution in [3.8, 4) is 16.9 Å². The Kier molecular flexibility index (Phi) is 8.94. The van der Waals surface area contributed by atoms with Crippen LogP contribution in [0.25, 0.3) is 11.1 Å². The predicted octanol–water partition coefficient (Wildman–Crippen LogP) is 3.78. The largest absolute Gasteiger partial charge is 0.492 e. The van der Waals surface area contributed by atoms with Gasteiger partial charge < -0.3 is 14.5 Å². The first-order valence-corrected chi connectivity index (χ1v) is 14.8. The lowest BCUT2D eigenvalue weighted by Gasteiger charge is -2.35. The average Bonchev–Trinajstić information content (AvgIpc) is 2.96. The molecule has 1 N–H and O–H groups in total. The molecule has 2 amide bonds. The van der Waals surface area contributed by atoms with Gasteiger partial charge in [-0.2, -0.15) is 13.2 Å². The fraction of sp³-hybridized carbons (Fsp3) is 0.393. The third kappa shape index (κ3) is 7.39. The van der Waals surface area contributed by atoms with Crippen molar-refractivity contribution in [2.24, 2.45) is 0 Å². The molecule has 3 aromatic rings. The second kappa shape index (κ2) is 12.1. The summed E-state index contributed by atoms with van der Waals surface area (Å²) < 4.78 is 72.0. The van der Waals surface area contributed by atoms with Crippen LogP contribution in [0, 0.1) is 0 Å². The quantitative estimate of drug-likeness (QED) is 0.419. The number of sulfonamides is 1. The smallest absolute Gasteiger partial charge is 0.416 e. The van der Waals surface area contributed by atoms with Gasteiger partial charge in [-0.3, -0.25) is 14.6 Å². The minimum absolute atomic E-state index is 0.111. The normalized spacial score (nSPS) is 14.4. The molecule has 4 rings (SSSR count). The molecular weight excluding hydrogens is 589 g/mol. The molecule has 0 bridgehead atoms. The molecule has 230 valence electrons. The topological polar surface area (TPSA) is 135 Å². The van der Waals surface area contributed by atoms with Crippen LogP contribution in [0.3, 0.4) is 0 Å². The molecule has 0 radical (unpaired) electrons. The number of alkyl halides is 3. The summed E-state index contributed by atoms with van der Waals surface area (Å²) in [6.07, 6.45) is -1.81. The van der Waals surface area contributed by atoms with Gasteiger partial charge in [-0.05, 0) is 69.7 Å². The van der Waals surface area contributed by atoms with Gasteiger partial charge in [0.1, 0.15) is 5.75 Å². The Hall–Kier alpha value is -4.27. The van der Waals surface area contributed by atoms with Crippen molar-refractivity contribution in [1.29, 1.82) is 0 Å². The highest BCUT2D eigenvalue weighted by molar-refractivity contribution is 7.91. The predicted molar refractivity (Wildman–Crippen MR) is 152 cm³/mol. The molecule has 1 fully saturated rings. The maximum atomic E-state index is 13.8. The number of aromatic nitrogens is 3. The van der Waals surface area contributed by atoms with Crippen LogP contribution in [0.1, 0.15) is 54.1 Å². The van der Waals surface area contributed by atoms with Crippen molar-refractivity contribution in [1.82, 2.24) is 24.8 Å². The van der Waals surface area contributed by atoms with Gasteiger partial charge in [0, 0.05) is 43.5 Å². The number of nitrogens with zero attached hydrogens (tertiary/aromatic N) is 5. The molecule has 1 aromatic carbocycles. The summed E-state index contributed by atoms with van der Waals surface area (Å²) in [5, 5.41) is 7.86. The Morgan fingerprint density at radius 3 is 2.23 bits per heavy atom. The molecule has 43 heavy (non-hydrogen) atoms. The van der Waals surface area contributed by atoms with E-state index in [-0.39, 0.29) is 29.9 Å². The van der Waals surface area contributed by atoms with Crippen molar-refractivity contribution in [2.45, 2.75) is 38.6 Å². The van der Waals surface area contributed by atoms with Gasteiger partial charge in [-0.1, -0.05) is 0 Å². The Morgan fingerprint density at radius 1 is 0.953 bits per heavy atom. The number of nitrogens with one attached hydrogen (secondary N) is 1. The number of pyridine rings is 1. The lowest BCUT2D eigenvalue weighted by atomic mass is 9.99. The van der Waals surface area contributed by atoms with Crippen LogP contribution < -0.4 is 14.4 Å². The molecule has 1 aliphatic rings. The Bertz CT molecular complexity index is 1600. The standard InChI is InChI=1S/C28H31F3N6O5S/c1-5-42-22-15-20(16-32-17-22)18-12-19(14-21(13-18)28(29,30)31)26(39)37-10-8-36(9-11-37)24-7-6-23(33-34-24)25(38)35-43(40,41)27(2,3)4/h6-7,12-17H,5,8-11H2,1-4H3,(H,35,38). The number of rotatable bonds is 7. The van der Waals surface area contributed by atoms with Crippen LogP contribution in [-0.2, 0) is 16.2 Å². The first-order chi connectivity index (χ1) is 20.1. The van der Waals surface area contributed by atoms with E-state index < -0.39 is 38.3 Å². The number of carbonyl (C=O) groups excluding carboxylic acids is 2. The van der Waals surface area contributed by atoms with E-state index in [2.05, 4.69) is 15.2 Å². The molecule has 0 aliphatic carbocycles. The van der Waals surface area contributed by atoms with Gasteiger partial charge in [0.25, 0.3) is 11.8 Å². The lowest BCUT2D eigenvalue weighted by molar-refractivity contribution is -0.137. The molecule has 2 aromatic heterocycles. The average molecular weight is 621 g/mol. The van der Waals surface area contributed by atoms with Gasteiger partial charge in [0.2, 0.25) is 10.0 Å². The number of benzene rings is 1. The highest BCUT2D eigenvalue weighted by atomic mass is 32.2. The first-order valence-electron chi connectivity index (χ1n) is 13.3. The molecule has 1 aliphatic heterocycles. The molecule has 3 heterocycles. The third-order valence-electron chi connectivity index (χ3n) is 6.67. The van der Waals surface area contributed by atoms with Gasteiger partial charge in [0.15, 0.2) is 11.5 Å². The minimum atomic E-state index is -4.67. The SMILES string of the molecule is CCOc1cncc(-c2cc(C(=O)N3CCN(c4ccc(C(=O)NS(=O)(=O)C(C)(C)C)nn4)CC3)cc(C(F)(F)F)c2)c1. The monoisotopic (exact) mass is 620 g/mol. The van der Waals surface area contributed by atoms with Crippen molar-refractivity contribution in [3.63, 3.8) is 0 Å². The second-order valence-corrected chi connectivity index (χ2v) is 13.2. The van der Waals surface area contributed by atoms with Crippen LogP contribution in [0.15, 0.2) is 48.8 Å². The van der Waals surface area contributed by atoms with E-state index in [1.165, 1.54) is 56.3 Å². The molecule has 15 heteroatoms. The number of piperazine rings is 1. The fourth-order valence-electron chi connectivity index (χ4n) is 4.17. The van der Waals surface area contributed by atoms with Gasteiger partial charge in [-0.25, -0.2) is 13.1 Å². The number of ether oxygens (including phenoxy) is 1. The number of anilines is 1. The molecule has 0 atom stereocenters. The van der Waals surface area contributed by atoms with Gasteiger partial charge in [0.05, 0.1) is 23.1 Å². The molecule has 0 unspecified atom stereocenters. The number of halogens is 3. The highest BCUT2D eigenvalue weighted by Gasteiger charge is 2.34. The van der Waals surface area contributed by atoms with Crippen LogP contribution in [0.5, 0.6) is 5.75 Å². The second-order valence-electron chi connectivity index (χ2n) is 10.7. The Balaban J connectivity index is 1.47. The number of amides is 2. The first kappa shape index (κ1) is 31.7. The number of carbonyl (C=O) groups is 2. The van der Waals surface area contributed by atoms with Crippen molar-refractivity contribution in [3.05, 3.63) is 65.6 Å². The fourth-order valence-corrected chi connectivity index (χ4v) is 4.82. The molecule has 0 saturated carbocycles. The summed E-state index contributed by atoms with van der Waals surface area (Å²) in [7, 11) is -3.93. The van der Waals surface area contributed by atoms with Gasteiger partial charge >= 0.3 is 6.18 Å². The number of hydrogen-bond acceptors (Lipinski definition) is 9. The zero-order valence-corrected chi connectivity index (χ0v) is 24.8. The highest BCUT2D eigenvalue weighted by Crippen LogP contribution is 2.34. The zero-order valence-electron chi connectivity index (χ0n) is 24.0. The van der Waals surface area contributed by atoms with E-state index in [1.54, 1.807) is 17.9 Å². The van der Waals surface area contributed by atoms with Crippen LogP contribution in [0.2, 0.25) is 0 Å². The van der Waals surface area contributed by atoms with E-state index in [4.69, 9.17) is 4.74 Å². The molecule has 0 spiro atoms. The van der Waals surface area contributed by atoms with Crippen LogP contribution in [0.4, 0.5) is 19.0 Å². The summed E-state index contributed by atoms with van der Waals surface area (Å²) in [5.41, 5.74) is -0.695. The van der Waals surface area contributed by atoms with E-state index in [0.29, 0.717) is 36.8 Å². The minimum Gasteiger partial charge on any atom is -0.492 e. The summed E-state index contributed by atoms with van der Waals surface area (Å²) in [4.78, 5) is 33.0. The van der Waals surface area contributed by atoms with Crippen molar-refractivity contribution in [2.75, 3.05) is 37.7 Å². The van der Waals surface area contributed by atoms with Crippen LogP contribution in [-0.4, -0.2) is 77.8 Å². The lowest BCUT2D eigenvalue weighted by Crippen LogP contribution is -2.49. The zero-order chi connectivity index (χ0) is 31.6.